The summed E-state index contributed by atoms with van der Waals surface area (Å²) in [5, 5.41) is 18.4. The van der Waals surface area contributed by atoms with Crippen molar-refractivity contribution in [3.63, 3.8) is 0 Å². The first-order valence-corrected chi connectivity index (χ1v) is 5.28. The van der Waals surface area contributed by atoms with Crippen LogP contribution in [0.2, 0.25) is 5.02 Å². The van der Waals surface area contributed by atoms with Gasteiger partial charge >= 0.3 is 5.97 Å². The van der Waals surface area contributed by atoms with E-state index in [0.29, 0.717) is 5.02 Å². The van der Waals surface area contributed by atoms with Crippen LogP contribution in [-0.2, 0) is 0 Å². The molecule has 0 heterocycles. The Balaban J connectivity index is 2.46. The average Bonchev–Trinajstić information content (AvgIpc) is 2.30. The summed E-state index contributed by atoms with van der Waals surface area (Å²) in [5.41, 5.74) is 1.71. The molecule has 2 aromatic carbocycles. The molecule has 0 saturated carbocycles. The van der Waals surface area contributed by atoms with Crippen LogP contribution < -0.4 is 0 Å². The Bertz CT molecular complexity index is 561. The second-order valence-corrected chi connectivity index (χ2v) is 3.95. The van der Waals surface area contributed by atoms with Gasteiger partial charge in [-0.1, -0.05) is 29.8 Å². The van der Waals surface area contributed by atoms with E-state index in [1.54, 1.807) is 30.3 Å². The molecule has 0 atom stereocenters. The monoisotopic (exact) mass is 248 g/mol. The third kappa shape index (κ3) is 2.40. The summed E-state index contributed by atoms with van der Waals surface area (Å²) in [5.74, 6) is -0.837. The minimum atomic E-state index is -1.01. The van der Waals surface area contributed by atoms with E-state index in [2.05, 4.69) is 0 Å². The molecule has 2 rings (SSSR count). The summed E-state index contributed by atoms with van der Waals surface area (Å²) in [6, 6.07) is 11.1. The van der Waals surface area contributed by atoms with Gasteiger partial charge in [0, 0.05) is 10.6 Å². The van der Waals surface area contributed by atoms with E-state index in [-0.39, 0.29) is 11.3 Å². The Morgan fingerprint density at radius 3 is 2.24 bits per heavy atom. The number of aromatic hydroxyl groups is 1. The van der Waals surface area contributed by atoms with Crippen molar-refractivity contribution in [1.29, 1.82) is 0 Å². The Labute approximate surface area is 103 Å². The van der Waals surface area contributed by atoms with Crippen molar-refractivity contribution in [2.75, 3.05) is 0 Å². The number of benzene rings is 2. The highest BCUT2D eigenvalue weighted by Gasteiger charge is 2.08. The summed E-state index contributed by atoms with van der Waals surface area (Å²) in [6.45, 7) is 0. The number of aromatic carboxylic acids is 1. The largest absolute Gasteiger partial charge is 0.508 e. The molecule has 0 amide bonds. The van der Waals surface area contributed by atoms with Crippen molar-refractivity contribution < 1.29 is 15.0 Å². The van der Waals surface area contributed by atoms with Crippen LogP contribution in [0.5, 0.6) is 5.75 Å². The van der Waals surface area contributed by atoms with Crippen molar-refractivity contribution in [3.8, 4) is 16.9 Å². The van der Waals surface area contributed by atoms with Gasteiger partial charge < -0.3 is 10.2 Å². The lowest BCUT2D eigenvalue weighted by atomic mass is 10.0. The number of phenolic OH excluding ortho intramolecular Hbond substituents is 1. The van der Waals surface area contributed by atoms with Gasteiger partial charge in [-0.2, -0.15) is 0 Å². The molecular weight excluding hydrogens is 240 g/mol. The van der Waals surface area contributed by atoms with E-state index in [0.717, 1.165) is 11.1 Å². The average molecular weight is 249 g/mol. The zero-order valence-corrected chi connectivity index (χ0v) is 9.48. The van der Waals surface area contributed by atoms with Gasteiger partial charge in [-0.15, -0.1) is 0 Å². The maximum Gasteiger partial charge on any atom is 0.335 e. The molecule has 17 heavy (non-hydrogen) atoms. The van der Waals surface area contributed by atoms with Gasteiger partial charge in [-0.3, -0.25) is 0 Å². The van der Waals surface area contributed by atoms with E-state index < -0.39 is 5.97 Å². The molecule has 0 aliphatic heterocycles. The number of hydrogen-bond donors (Lipinski definition) is 2. The molecule has 0 bridgehead atoms. The fourth-order valence-electron chi connectivity index (χ4n) is 1.52. The molecular formula is C13H9ClO3. The maximum absolute atomic E-state index is 10.8. The fourth-order valence-corrected chi connectivity index (χ4v) is 1.81. The second-order valence-electron chi connectivity index (χ2n) is 3.55. The quantitative estimate of drug-likeness (QED) is 0.856. The standard InChI is InChI=1S/C13H9ClO3/c14-12-7-9(13(16)17)3-6-11(12)8-1-4-10(15)5-2-8/h1-7,15H,(H,16,17). The van der Waals surface area contributed by atoms with Crippen LogP contribution in [0.25, 0.3) is 11.1 Å². The van der Waals surface area contributed by atoms with Crippen molar-refractivity contribution in [1.82, 2.24) is 0 Å². The van der Waals surface area contributed by atoms with Crippen LogP contribution in [-0.4, -0.2) is 16.2 Å². The van der Waals surface area contributed by atoms with E-state index in [1.165, 1.54) is 12.1 Å². The number of carboxylic acid groups (broad SMARTS) is 1. The second kappa shape index (κ2) is 4.47. The number of carbonyl (C=O) groups is 1. The smallest absolute Gasteiger partial charge is 0.335 e. The molecule has 0 saturated heterocycles. The molecule has 2 N–H and O–H groups in total. The van der Waals surface area contributed by atoms with E-state index in [9.17, 15) is 9.90 Å². The van der Waals surface area contributed by atoms with Crippen LogP contribution in [0.15, 0.2) is 42.5 Å². The van der Waals surface area contributed by atoms with Gasteiger partial charge in [0.05, 0.1) is 5.56 Å². The highest BCUT2D eigenvalue weighted by atomic mass is 35.5. The first kappa shape index (κ1) is 11.5. The lowest BCUT2D eigenvalue weighted by molar-refractivity contribution is 0.0697. The molecule has 2 aromatic rings. The summed E-state index contributed by atoms with van der Waals surface area (Å²) < 4.78 is 0. The van der Waals surface area contributed by atoms with Crippen LogP contribution in [0.3, 0.4) is 0 Å². The number of halogens is 1. The summed E-state index contributed by atoms with van der Waals surface area (Å²) in [4.78, 5) is 10.8. The van der Waals surface area contributed by atoms with Crippen molar-refractivity contribution >= 4 is 17.6 Å². The highest BCUT2D eigenvalue weighted by molar-refractivity contribution is 6.33. The molecule has 0 aliphatic carbocycles. The predicted molar refractivity (Wildman–Crippen MR) is 65.5 cm³/mol. The SMILES string of the molecule is O=C(O)c1ccc(-c2ccc(O)cc2)c(Cl)c1. The fraction of sp³-hybridized carbons (Fsp3) is 0. The first-order chi connectivity index (χ1) is 8.08. The Morgan fingerprint density at radius 2 is 1.71 bits per heavy atom. The molecule has 0 spiro atoms. The molecule has 4 heteroatoms. The van der Waals surface area contributed by atoms with Crippen molar-refractivity contribution in [2.45, 2.75) is 0 Å². The Morgan fingerprint density at radius 1 is 1.06 bits per heavy atom. The number of phenols is 1. The lowest BCUT2D eigenvalue weighted by Crippen LogP contribution is -1.95. The van der Waals surface area contributed by atoms with Crippen molar-refractivity contribution in [2.24, 2.45) is 0 Å². The van der Waals surface area contributed by atoms with Crippen molar-refractivity contribution in [3.05, 3.63) is 53.1 Å². The topological polar surface area (TPSA) is 57.5 Å². The van der Waals surface area contributed by atoms with Crippen LogP contribution in [0.4, 0.5) is 0 Å². The normalized spacial score (nSPS) is 10.2. The summed E-state index contributed by atoms with van der Waals surface area (Å²) in [7, 11) is 0. The Hall–Kier alpha value is -2.00. The molecule has 0 radical (unpaired) electrons. The predicted octanol–water partition coefficient (Wildman–Crippen LogP) is 3.41. The van der Waals surface area contributed by atoms with Gasteiger partial charge in [0.2, 0.25) is 0 Å². The van der Waals surface area contributed by atoms with E-state index >= 15 is 0 Å². The summed E-state index contributed by atoms with van der Waals surface area (Å²) >= 11 is 6.02. The summed E-state index contributed by atoms with van der Waals surface area (Å²) in [6.07, 6.45) is 0. The molecule has 0 unspecified atom stereocenters. The molecule has 3 nitrogen and oxygen atoms in total. The van der Waals surface area contributed by atoms with E-state index in [4.69, 9.17) is 16.7 Å². The maximum atomic E-state index is 10.8. The molecule has 0 aliphatic rings. The molecule has 0 aromatic heterocycles. The molecule has 86 valence electrons. The number of carboxylic acids is 1. The minimum Gasteiger partial charge on any atom is -0.508 e. The number of hydrogen-bond acceptors (Lipinski definition) is 2. The third-order valence-corrected chi connectivity index (χ3v) is 2.71. The van der Waals surface area contributed by atoms with Crippen LogP contribution >= 0.6 is 11.6 Å². The van der Waals surface area contributed by atoms with Gasteiger partial charge in [-0.05, 0) is 29.8 Å². The lowest BCUT2D eigenvalue weighted by Gasteiger charge is -2.05. The Kier molecular flexibility index (Phi) is 3.02. The number of rotatable bonds is 2. The van der Waals surface area contributed by atoms with Crippen LogP contribution in [0.1, 0.15) is 10.4 Å². The van der Waals surface area contributed by atoms with Gasteiger partial charge in [0.15, 0.2) is 0 Å². The zero-order valence-electron chi connectivity index (χ0n) is 8.72. The molecule has 0 fully saturated rings. The third-order valence-electron chi connectivity index (χ3n) is 2.39. The first-order valence-electron chi connectivity index (χ1n) is 4.90. The van der Waals surface area contributed by atoms with Gasteiger partial charge in [0.1, 0.15) is 5.75 Å². The highest BCUT2D eigenvalue weighted by Crippen LogP contribution is 2.29. The van der Waals surface area contributed by atoms with Gasteiger partial charge in [-0.25, -0.2) is 4.79 Å². The van der Waals surface area contributed by atoms with Crippen LogP contribution in [0, 0.1) is 0 Å². The minimum absolute atomic E-state index is 0.150. The zero-order chi connectivity index (χ0) is 12.4. The van der Waals surface area contributed by atoms with E-state index in [1.807, 2.05) is 0 Å². The van der Waals surface area contributed by atoms with Gasteiger partial charge in [0.25, 0.3) is 0 Å².